The van der Waals surface area contributed by atoms with Crippen molar-refractivity contribution in [3.8, 4) is 0 Å². The molecule has 0 atom stereocenters. The number of nitrogens with two attached hydrogens (primary N) is 1. The van der Waals surface area contributed by atoms with Crippen LogP contribution in [0.5, 0.6) is 0 Å². The molecule has 6 heteroatoms. The molecule has 2 aromatic rings. The number of hydrogen-bond donors (Lipinski definition) is 3. The largest absolute Gasteiger partial charge is 0.366 e. The molecule has 0 aliphatic carbocycles. The summed E-state index contributed by atoms with van der Waals surface area (Å²) in [7, 11) is 0. The van der Waals surface area contributed by atoms with Crippen LogP contribution >= 0.6 is 0 Å². The van der Waals surface area contributed by atoms with Gasteiger partial charge in [0.15, 0.2) is 0 Å². The first-order valence-electron chi connectivity index (χ1n) is 6.59. The average Bonchev–Trinajstić information content (AvgIpc) is 2.54. The van der Waals surface area contributed by atoms with Gasteiger partial charge >= 0.3 is 0 Å². The minimum Gasteiger partial charge on any atom is -0.366 e. The first-order chi connectivity index (χ1) is 10.6. The standard InChI is InChI=1S/C16H15N3O3/c17-15(21)11-6-8-13(9-7-11)19-14(20)10-18-16(22)12-4-2-1-3-5-12/h1-9H,10H2,(H2,17,21)(H,18,22)(H,19,20). The summed E-state index contributed by atoms with van der Waals surface area (Å²) in [5.74, 6) is -1.22. The molecule has 4 N–H and O–H groups in total. The lowest BCUT2D eigenvalue weighted by Gasteiger charge is -2.07. The van der Waals surface area contributed by atoms with Crippen LogP contribution in [0.2, 0.25) is 0 Å². The van der Waals surface area contributed by atoms with Crippen molar-refractivity contribution >= 4 is 23.4 Å². The van der Waals surface area contributed by atoms with Gasteiger partial charge in [-0.2, -0.15) is 0 Å². The van der Waals surface area contributed by atoms with Crippen molar-refractivity contribution in [2.45, 2.75) is 0 Å². The van der Waals surface area contributed by atoms with E-state index in [0.29, 0.717) is 16.8 Å². The number of carbonyl (C=O) groups excluding carboxylic acids is 3. The number of amides is 3. The second-order valence-electron chi connectivity index (χ2n) is 4.54. The zero-order valence-corrected chi connectivity index (χ0v) is 11.7. The fraction of sp³-hybridized carbons (Fsp3) is 0.0625. The molecule has 0 aliphatic heterocycles. The minimum absolute atomic E-state index is 0.148. The smallest absolute Gasteiger partial charge is 0.251 e. The molecule has 112 valence electrons. The average molecular weight is 297 g/mol. The van der Waals surface area contributed by atoms with Crippen LogP contribution in [0.4, 0.5) is 5.69 Å². The van der Waals surface area contributed by atoms with Gasteiger partial charge in [-0.1, -0.05) is 18.2 Å². The highest BCUT2D eigenvalue weighted by atomic mass is 16.2. The molecule has 0 unspecified atom stereocenters. The molecule has 22 heavy (non-hydrogen) atoms. The highest BCUT2D eigenvalue weighted by Crippen LogP contribution is 2.08. The lowest BCUT2D eigenvalue weighted by molar-refractivity contribution is -0.115. The van der Waals surface area contributed by atoms with Crippen molar-refractivity contribution in [3.63, 3.8) is 0 Å². The first kappa shape index (κ1) is 15.2. The molecular formula is C16H15N3O3. The van der Waals surface area contributed by atoms with Gasteiger partial charge in [-0.3, -0.25) is 14.4 Å². The third-order valence-corrected chi connectivity index (χ3v) is 2.90. The zero-order chi connectivity index (χ0) is 15.9. The van der Waals surface area contributed by atoms with Gasteiger partial charge < -0.3 is 16.4 Å². The van der Waals surface area contributed by atoms with E-state index in [0.717, 1.165) is 0 Å². The Balaban J connectivity index is 1.85. The second-order valence-corrected chi connectivity index (χ2v) is 4.54. The van der Waals surface area contributed by atoms with Gasteiger partial charge in [-0.15, -0.1) is 0 Å². The van der Waals surface area contributed by atoms with E-state index in [-0.39, 0.29) is 18.4 Å². The third kappa shape index (κ3) is 4.17. The molecule has 0 saturated heterocycles. The van der Waals surface area contributed by atoms with Gasteiger partial charge in [0.1, 0.15) is 0 Å². The number of anilines is 1. The summed E-state index contributed by atoms with van der Waals surface area (Å²) in [4.78, 5) is 34.5. The number of hydrogen-bond acceptors (Lipinski definition) is 3. The predicted molar refractivity (Wildman–Crippen MR) is 82.4 cm³/mol. The molecular weight excluding hydrogens is 282 g/mol. The van der Waals surface area contributed by atoms with Crippen molar-refractivity contribution in [2.75, 3.05) is 11.9 Å². The van der Waals surface area contributed by atoms with E-state index < -0.39 is 5.91 Å². The fourth-order valence-corrected chi connectivity index (χ4v) is 1.78. The lowest BCUT2D eigenvalue weighted by Crippen LogP contribution is -2.32. The van der Waals surface area contributed by atoms with Crippen LogP contribution in [0.25, 0.3) is 0 Å². The van der Waals surface area contributed by atoms with Crippen LogP contribution in [-0.2, 0) is 4.79 Å². The van der Waals surface area contributed by atoms with Crippen molar-refractivity contribution in [3.05, 3.63) is 65.7 Å². The maximum Gasteiger partial charge on any atom is 0.251 e. The van der Waals surface area contributed by atoms with Crippen molar-refractivity contribution in [1.82, 2.24) is 5.32 Å². The van der Waals surface area contributed by atoms with E-state index >= 15 is 0 Å². The molecule has 3 amide bonds. The Bertz CT molecular complexity index is 682. The van der Waals surface area contributed by atoms with Crippen LogP contribution in [0.15, 0.2) is 54.6 Å². The second kappa shape index (κ2) is 7.03. The molecule has 0 radical (unpaired) electrons. The third-order valence-electron chi connectivity index (χ3n) is 2.90. The Hall–Kier alpha value is -3.15. The highest BCUT2D eigenvalue weighted by molar-refractivity contribution is 5.99. The number of nitrogens with one attached hydrogen (secondary N) is 2. The summed E-state index contributed by atoms with van der Waals surface area (Å²) >= 11 is 0. The molecule has 0 fully saturated rings. The van der Waals surface area contributed by atoms with Crippen molar-refractivity contribution in [2.24, 2.45) is 5.73 Å². The SMILES string of the molecule is NC(=O)c1ccc(NC(=O)CNC(=O)c2ccccc2)cc1. The van der Waals surface area contributed by atoms with Crippen LogP contribution in [0.3, 0.4) is 0 Å². The van der Waals surface area contributed by atoms with Crippen molar-refractivity contribution < 1.29 is 14.4 Å². The van der Waals surface area contributed by atoms with Crippen LogP contribution in [0.1, 0.15) is 20.7 Å². The Labute approximate surface area is 127 Å². The summed E-state index contributed by atoms with van der Waals surface area (Å²) in [5, 5.41) is 5.13. The summed E-state index contributed by atoms with van der Waals surface area (Å²) in [6.45, 7) is -0.148. The number of carbonyl (C=O) groups is 3. The Morgan fingerprint density at radius 2 is 1.50 bits per heavy atom. The Morgan fingerprint density at radius 1 is 0.864 bits per heavy atom. The van der Waals surface area contributed by atoms with Crippen LogP contribution < -0.4 is 16.4 Å². The monoisotopic (exact) mass is 297 g/mol. The molecule has 0 spiro atoms. The first-order valence-corrected chi connectivity index (χ1v) is 6.59. The zero-order valence-electron chi connectivity index (χ0n) is 11.7. The lowest BCUT2D eigenvalue weighted by atomic mass is 10.2. The predicted octanol–water partition coefficient (Wildman–Crippen LogP) is 1.15. The Morgan fingerprint density at radius 3 is 2.09 bits per heavy atom. The van der Waals surface area contributed by atoms with Gasteiger partial charge in [-0.05, 0) is 36.4 Å². The summed E-state index contributed by atoms with van der Waals surface area (Å²) < 4.78 is 0. The molecule has 2 rings (SSSR count). The van der Waals surface area contributed by atoms with E-state index in [4.69, 9.17) is 5.73 Å². The quantitative estimate of drug-likeness (QED) is 0.771. The highest BCUT2D eigenvalue weighted by Gasteiger charge is 2.08. The maximum absolute atomic E-state index is 11.8. The number of benzene rings is 2. The van der Waals surface area contributed by atoms with E-state index in [1.807, 2.05) is 0 Å². The molecule has 2 aromatic carbocycles. The van der Waals surface area contributed by atoms with Gasteiger partial charge in [-0.25, -0.2) is 0 Å². The Kier molecular flexibility index (Phi) is 4.87. The number of rotatable bonds is 5. The van der Waals surface area contributed by atoms with E-state index in [2.05, 4.69) is 10.6 Å². The molecule has 0 heterocycles. The summed E-state index contributed by atoms with van der Waals surface area (Å²) in [6, 6.07) is 14.8. The molecule has 0 aliphatic rings. The van der Waals surface area contributed by atoms with Gasteiger partial charge in [0, 0.05) is 16.8 Å². The minimum atomic E-state index is -0.534. The molecule has 0 saturated carbocycles. The van der Waals surface area contributed by atoms with Gasteiger partial charge in [0.2, 0.25) is 11.8 Å². The van der Waals surface area contributed by atoms with E-state index in [1.165, 1.54) is 12.1 Å². The summed E-state index contributed by atoms with van der Waals surface area (Å²) in [5.41, 5.74) is 6.49. The topological polar surface area (TPSA) is 101 Å². The van der Waals surface area contributed by atoms with Gasteiger partial charge in [0.05, 0.1) is 6.54 Å². The molecule has 0 aromatic heterocycles. The van der Waals surface area contributed by atoms with E-state index in [9.17, 15) is 14.4 Å². The van der Waals surface area contributed by atoms with Crippen LogP contribution in [-0.4, -0.2) is 24.3 Å². The van der Waals surface area contributed by atoms with Gasteiger partial charge in [0.25, 0.3) is 5.91 Å². The fourth-order valence-electron chi connectivity index (χ4n) is 1.78. The molecule has 6 nitrogen and oxygen atoms in total. The van der Waals surface area contributed by atoms with Crippen LogP contribution in [0, 0.1) is 0 Å². The molecule has 0 bridgehead atoms. The van der Waals surface area contributed by atoms with Crippen molar-refractivity contribution in [1.29, 1.82) is 0 Å². The van der Waals surface area contributed by atoms with E-state index in [1.54, 1.807) is 42.5 Å². The number of primary amides is 1. The maximum atomic E-state index is 11.8. The summed E-state index contributed by atoms with van der Waals surface area (Å²) in [6.07, 6.45) is 0. The normalized spacial score (nSPS) is 9.82.